The van der Waals surface area contributed by atoms with Gasteiger partial charge in [0, 0.05) is 13.0 Å². The number of rotatable bonds is 0. The van der Waals surface area contributed by atoms with Crippen molar-refractivity contribution in [3.05, 3.63) is 41.6 Å². The number of aryl methyl sites for hydroxylation is 1. The number of carbonyl (C=O) groups is 1. The van der Waals surface area contributed by atoms with Gasteiger partial charge in [0.25, 0.3) is 0 Å². The summed E-state index contributed by atoms with van der Waals surface area (Å²) in [6.45, 7) is 4.14. The molecule has 0 N–H and O–H groups in total. The fraction of sp³-hybridized carbons (Fsp3) is 0.231. The maximum atomic E-state index is 11.7. The highest BCUT2D eigenvalue weighted by atomic mass is 16.2. The van der Waals surface area contributed by atoms with Gasteiger partial charge in [0.15, 0.2) is 0 Å². The first kappa shape index (κ1) is 10.1. The van der Waals surface area contributed by atoms with Gasteiger partial charge in [-0.05, 0) is 18.6 Å². The van der Waals surface area contributed by atoms with E-state index in [1.54, 1.807) is 11.8 Å². The monoisotopic (exact) mass is 227 g/mol. The molecule has 0 radical (unpaired) electrons. The van der Waals surface area contributed by atoms with Gasteiger partial charge in [-0.25, -0.2) is 4.68 Å². The summed E-state index contributed by atoms with van der Waals surface area (Å²) in [6.07, 6.45) is 0. The quantitative estimate of drug-likeness (QED) is 0.690. The van der Waals surface area contributed by atoms with Gasteiger partial charge >= 0.3 is 0 Å². The maximum Gasteiger partial charge on any atom is 0.225 e. The van der Waals surface area contributed by atoms with Crippen LogP contribution in [0.5, 0.6) is 0 Å². The number of hydrogen-bond donors (Lipinski definition) is 0. The van der Waals surface area contributed by atoms with Crippen LogP contribution in [0.3, 0.4) is 0 Å². The topological polar surface area (TPSA) is 38.1 Å². The second kappa shape index (κ2) is 3.45. The summed E-state index contributed by atoms with van der Waals surface area (Å²) < 4.78 is 1.84. The molecule has 1 aromatic heterocycles. The van der Waals surface area contributed by atoms with Gasteiger partial charge < -0.3 is 0 Å². The molecule has 4 nitrogen and oxygen atoms in total. The van der Waals surface area contributed by atoms with E-state index in [4.69, 9.17) is 0 Å². The number of fused-ring (bicyclic) bond motifs is 3. The van der Waals surface area contributed by atoms with Gasteiger partial charge in [-0.3, -0.25) is 9.69 Å². The third kappa shape index (κ3) is 1.45. The van der Waals surface area contributed by atoms with Crippen molar-refractivity contribution in [2.75, 3.05) is 4.90 Å². The molecule has 0 unspecified atom stereocenters. The molecule has 1 amide bonds. The average molecular weight is 227 g/mol. The van der Waals surface area contributed by atoms with Crippen molar-refractivity contribution in [3.63, 3.8) is 0 Å². The Morgan fingerprint density at radius 3 is 2.88 bits per heavy atom. The van der Waals surface area contributed by atoms with Crippen molar-refractivity contribution in [2.24, 2.45) is 0 Å². The van der Waals surface area contributed by atoms with Crippen molar-refractivity contribution in [2.45, 2.75) is 20.4 Å². The molecule has 0 aliphatic carbocycles. The fourth-order valence-electron chi connectivity index (χ4n) is 2.23. The Morgan fingerprint density at radius 2 is 2.12 bits per heavy atom. The van der Waals surface area contributed by atoms with Crippen LogP contribution in [0.15, 0.2) is 30.3 Å². The van der Waals surface area contributed by atoms with Crippen LogP contribution in [0.2, 0.25) is 0 Å². The predicted molar refractivity (Wildman–Crippen MR) is 65.2 cm³/mol. The normalized spacial score (nSPS) is 13.2. The van der Waals surface area contributed by atoms with E-state index in [-0.39, 0.29) is 5.91 Å². The summed E-state index contributed by atoms with van der Waals surface area (Å²) in [5.41, 5.74) is 3.11. The van der Waals surface area contributed by atoms with Crippen LogP contribution in [0.4, 0.5) is 5.82 Å². The van der Waals surface area contributed by atoms with Crippen LogP contribution in [0.25, 0.3) is 5.69 Å². The molecule has 2 heterocycles. The SMILES string of the molecule is CC(=O)N1Cc2ccccc2-n2nc(C)cc21. The zero-order valence-corrected chi connectivity index (χ0v) is 9.84. The van der Waals surface area contributed by atoms with E-state index in [9.17, 15) is 4.79 Å². The number of carbonyl (C=O) groups excluding carboxylic acids is 1. The van der Waals surface area contributed by atoms with E-state index in [1.807, 2.05) is 41.9 Å². The Morgan fingerprint density at radius 1 is 1.35 bits per heavy atom. The first-order valence-electron chi connectivity index (χ1n) is 5.60. The predicted octanol–water partition coefficient (Wildman–Crippen LogP) is 2.05. The largest absolute Gasteiger partial charge is 0.292 e. The number of nitrogens with zero attached hydrogens (tertiary/aromatic N) is 3. The maximum absolute atomic E-state index is 11.7. The second-order valence-corrected chi connectivity index (χ2v) is 4.29. The van der Waals surface area contributed by atoms with Gasteiger partial charge in [0.05, 0.1) is 17.9 Å². The van der Waals surface area contributed by atoms with Crippen LogP contribution < -0.4 is 4.90 Å². The Hall–Kier alpha value is -2.10. The minimum absolute atomic E-state index is 0.0423. The van der Waals surface area contributed by atoms with Crippen LogP contribution in [0, 0.1) is 6.92 Å². The molecule has 0 atom stereocenters. The summed E-state index contributed by atoms with van der Waals surface area (Å²) in [6, 6.07) is 9.98. The van der Waals surface area contributed by atoms with Crippen molar-refractivity contribution >= 4 is 11.7 Å². The van der Waals surface area contributed by atoms with E-state index < -0.39 is 0 Å². The minimum Gasteiger partial charge on any atom is -0.292 e. The molecule has 3 rings (SSSR count). The summed E-state index contributed by atoms with van der Waals surface area (Å²) >= 11 is 0. The minimum atomic E-state index is 0.0423. The molecule has 4 heteroatoms. The first-order valence-corrected chi connectivity index (χ1v) is 5.60. The molecule has 17 heavy (non-hydrogen) atoms. The highest BCUT2D eigenvalue weighted by Gasteiger charge is 2.25. The summed E-state index contributed by atoms with van der Waals surface area (Å²) in [5.74, 6) is 0.898. The Balaban J connectivity index is 2.25. The molecule has 2 aromatic rings. The molecular formula is C13H13N3O. The van der Waals surface area contributed by atoms with Gasteiger partial charge in [-0.2, -0.15) is 5.10 Å². The molecule has 0 spiro atoms. The van der Waals surface area contributed by atoms with Crippen molar-refractivity contribution in [3.8, 4) is 5.69 Å². The first-order chi connectivity index (χ1) is 8.16. The van der Waals surface area contributed by atoms with E-state index in [0.717, 1.165) is 22.8 Å². The lowest BCUT2D eigenvalue weighted by molar-refractivity contribution is -0.116. The van der Waals surface area contributed by atoms with Crippen LogP contribution in [-0.4, -0.2) is 15.7 Å². The lowest BCUT2D eigenvalue weighted by atomic mass is 10.1. The molecule has 0 fully saturated rings. The van der Waals surface area contributed by atoms with Crippen molar-refractivity contribution < 1.29 is 4.79 Å². The third-order valence-corrected chi connectivity index (χ3v) is 3.02. The Bertz CT molecular complexity index is 600. The summed E-state index contributed by atoms with van der Waals surface area (Å²) in [7, 11) is 0. The third-order valence-electron chi connectivity index (χ3n) is 3.02. The van der Waals surface area contributed by atoms with E-state index in [0.29, 0.717) is 6.54 Å². The van der Waals surface area contributed by atoms with Crippen LogP contribution in [0.1, 0.15) is 18.2 Å². The standard InChI is InChI=1S/C13H13N3O/c1-9-7-13-15(10(2)17)8-11-5-3-4-6-12(11)16(13)14-9/h3-7H,8H2,1-2H3. The number of anilines is 1. The van der Waals surface area contributed by atoms with Gasteiger partial charge in [0.2, 0.25) is 5.91 Å². The lowest BCUT2D eigenvalue weighted by Gasteiger charge is -2.28. The lowest BCUT2D eigenvalue weighted by Crippen LogP contribution is -2.33. The number of benzene rings is 1. The molecule has 1 aliphatic rings. The smallest absolute Gasteiger partial charge is 0.225 e. The molecule has 0 bridgehead atoms. The van der Waals surface area contributed by atoms with E-state index in [2.05, 4.69) is 5.10 Å². The summed E-state index contributed by atoms with van der Waals surface area (Å²) in [5, 5.41) is 4.45. The van der Waals surface area contributed by atoms with Gasteiger partial charge in [-0.1, -0.05) is 18.2 Å². The summed E-state index contributed by atoms with van der Waals surface area (Å²) in [4.78, 5) is 13.4. The van der Waals surface area contributed by atoms with E-state index >= 15 is 0 Å². The van der Waals surface area contributed by atoms with Gasteiger partial charge in [0.1, 0.15) is 5.82 Å². The zero-order chi connectivity index (χ0) is 12.0. The number of amides is 1. The second-order valence-electron chi connectivity index (χ2n) is 4.29. The van der Waals surface area contributed by atoms with Crippen LogP contribution >= 0.6 is 0 Å². The molecule has 0 saturated heterocycles. The highest BCUT2D eigenvalue weighted by molar-refractivity contribution is 5.91. The number of hydrogen-bond acceptors (Lipinski definition) is 2. The Kier molecular flexibility index (Phi) is 2.04. The van der Waals surface area contributed by atoms with E-state index in [1.165, 1.54) is 0 Å². The fourth-order valence-corrected chi connectivity index (χ4v) is 2.23. The Labute approximate surface area is 99.5 Å². The van der Waals surface area contributed by atoms with Crippen molar-refractivity contribution in [1.29, 1.82) is 0 Å². The number of para-hydroxylation sites is 1. The average Bonchev–Trinajstić information content (AvgIpc) is 2.69. The molecular weight excluding hydrogens is 214 g/mol. The molecule has 0 saturated carbocycles. The zero-order valence-electron chi connectivity index (χ0n) is 9.84. The highest BCUT2D eigenvalue weighted by Crippen LogP contribution is 2.30. The molecule has 1 aromatic carbocycles. The molecule has 1 aliphatic heterocycles. The number of aromatic nitrogens is 2. The van der Waals surface area contributed by atoms with Crippen LogP contribution in [-0.2, 0) is 11.3 Å². The van der Waals surface area contributed by atoms with Gasteiger partial charge in [-0.15, -0.1) is 0 Å². The molecule has 86 valence electrons. The van der Waals surface area contributed by atoms with Crippen molar-refractivity contribution in [1.82, 2.24) is 9.78 Å².